The van der Waals surface area contributed by atoms with Crippen LogP contribution in [0, 0.1) is 13.8 Å². The van der Waals surface area contributed by atoms with E-state index in [4.69, 9.17) is 9.47 Å². The summed E-state index contributed by atoms with van der Waals surface area (Å²) in [6.07, 6.45) is 0. The van der Waals surface area contributed by atoms with E-state index >= 15 is 0 Å². The summed E-state index contributed by atoms with van der Waals surface area (Å²) in [4.78, 5) is 12.4. The van der Waals surface area contributed by atoms with E-state index in [2.05, 4.69) is 10.0 Å². The van der Waals surface area contributed by atoms with Crippen LogP contribution in [-0.2, 0) is 14.8 Å². The van der Waals surface area contributed by atoms with E-state index in [1.54, 1.807) is 6.07 Å². The van der Waals surface area contributed by atoms with Crippen LogP contribution in [0.3, 0.4) is 0 Å². The number of sulfonamides is 1. The smallest absolute Gasteiger partial charge is 0.242 e. The molecule has 0 saturated heterocycles. The maximum atomic E-state index is 12.6. The maximum absolute atomic E-state index is 12.6. The molecule has 0 radical (unpaired) electrons. The molecule has 2 aromatic carbocycles. The Labute approximate surface area is 159 Å². The lowest BCUT2D eigenvalue weighted by atomic mass is 10.1. The molecule has 8 heteroatoms. The molecule has 2 aromatic rings. The zero-order valence-corrected chi connectivity index (χ0v) is 16.8. The Bertz CT molecular complexity index is 941. The highest BCUT2D eigenvalue weighted by Gasteiger charge is 2.23. The molecule has 1 amide bonds. The van der Waals surface area contributed by atoms with Gasteiger partial charge in [-0.3, -0.25) is 4.79 Å². The van der Waals surface area contributed by atoms with Crippen LogP contribution in [-0.4, -0.2) is 34.6 Å². The summed E-state index contributed by atoms with van der Waals surface area (Å²) in [5.41, 5.74) is 2.62. The van der Waals surface area contributed by atoms with Crippen LogP contribution in [0.2, 0.25) is 0 Å². The molecule has 0 aliphatic heterocycles. The number of hydrogen-bond donors (Lipinski definition) is 2. The lowest BCUT2D eigenvalue weighted by Gasteiger charge is -2.17. The Morgan fingerprint density at radius 2 is 1.70 bits per heavy atom. The minimum absolute atomic E-state index is 0.0217. The van der Waals surface area contributed by atoms with Crippen molar-refractivity contribution < 1.29 is 22.7 Å². The second-order valence-electron chi connectivity index (χ2n) is 6.10. The zero-order chi connectivity index (χ0) is 20.2. The lowest BCUT2D eigenvalue weighted by Crippen LogP contribution is -2.41. The highest BCUT2D eigenvalue weighted by molar-refractivity contribution is 7.89. The zero-order valence-electron chi connectivity index (χ0n) is 16.0. The molecule has 27 heavy (non-hydrogen) atoms. The average Bonchev–Trinajstić information content (AvgIpc) is 2.64. The fourth-order valence-electron chi connectivity index (χ4n) is 2.47. The van der Waals surface area contributed by atoms with Gasteiger partial charge in [0.15, 0.2) is 11.5 Å². The van der Waals surface area contributed by atoms with E-state index in [0.29, 0.717) is 11.4 Å². The standard InChI is InChI=1S/C19H24N2O5S/c1-12-7-6-8-16(13(12)2)20-19(22)14(3)21-27(23,24)15-9-10-17(25-4)18(11-15)26-5/h6-11,14,21H,1-5H3,(H,20,22)/t14-/m0/s1. The number of hydrogen-bond acceptors (Lipinski definition) is 5. The maximum Gasteiger partial charge on any atom is 0.242 e. The molecular formula is C19H24N2O5S. The van der Waals surface area contributed by atoms with Crippen molar-refractivity contribution in [1.29, 1.82) is 0 Å². The third-order valence-corrected chi connectivity index (χ3v) is 5.79. The summed E-state index contributed by atoms with van der Waals surface area (Å²) in [7, 11) is -1.04. The first kappa shape index (κ1) is 20.7. The number of benzene rings is 2. The Balaban J connectivity index is 2.17. The minimum Gasteiger partial charge on any atom is -0.493 e. The van der Waals surface area contributed by atoms with Crippen molar-refractivity contribution in [3.05, 3.63) is 47.5 Å². The van der Waals surface area contributed by atoms with Crippen LogP contribution < -0.4 is 19.5 Å². The largest absolute Gasteiger partial charge is 0.493 e. The van der Waals surface area contributed by atoms with Crippen LogP contribution in [0.25, 0.3) is 0 Å². The highest BCUT2D eigenvalue weighted by atomic mass is 32.2. The highest BCUT2D eigenvalue weighted by Crippen LogP contribution is 2.29. The van der Waals surface area contributed by atoms with Crippen molar-refractivity contribution >= 4 is 21.6 Å². The number of carbonyl (C=O) groups is 1. The molecule has 0 unspecified atom stereocenters. The van der Waals surface area contributed by atoms with Gasteiger partial charge in [0.25, 0.3) is 0 Å². The van der Waals surface area contributed by atoms with Gasteiger partial charge < -0.3 is 14.8 Å². The van der Waals surface area contributed by atoms with Gasteiger partial charge in [-0.1, -0.05) is 12.1 Å². The van der Waals surface area contributed by atoms with Crippen molar-refractivity contribution in [1.82, 2.24) is 4.72 Å². The van der Waals surface area contributed by atoms with Crippen molar-refractivity contribution in [2.24, 2.45) is 0 Å². The molecule has 0 aliphatic rings. The summed E-state index contributed by atoms with van der Waals surface area (Å²) in [6, 6.07) is 8.80. The monoisotopic (exact) mass is 392 g/mol. The second kappa shape index (κ2) is 8.41. The predicted molar refractivity (Wildman–Crippen MR) is 104 cm³/mol. The fourth-order valence-corrected chi connectivity index (χ4v) is 3.68. The molecule has 1 atom stereocenters. The summed E-state index contributed by atoms with van der Waals surface area (Å²) >= 11 is 0. The number of nitrogens with one attached hydrogen (secondary N) is 2. The van der Waals surface area contributed by atoms with Crippen LogP contribution >= 0.6 is 0 Å². The van der Waals surface area contributed by atoms with Crippen LogP contribution in [0.4, 0.5) is 5.69 Å². The Kier molecular flexibility index (Phi) is 6.45. The van der Waals surface area contributed by atoms with E-state index in [1.807, 2.05) is 26.0 Å². The quantitative estimate of drug-likeness (QED) is 0.755. The fraction of sp³-hybridized carbons (Fsp3) is 0.316. The van der Waals surface area contributed by atoms with E-state index < -0.39 is 22.0 Å². The molecule has 0 heterocycles. The third-order valence-electron chi connectivity index (χ3n) is 4.25. The average molecular weight is 392 g/mol. The number of anilines is 1. The van der Waals surface area contributed by atoms with Crippen molar-refractivity contribution in [2.75, 3.05) is 19.5 Å². The molecule has 0 spiro atoms. The summed E-state index contributed by atoms with van der Waals surface area (Å²) < 4.78 is 37.8. The van der Waals surface area contributed by atoms with Gasteiger partial charge in [0.2, 0.25) is 15.9 Å². The number of carbonyl (C=O) groups excluding carboxylic acids is 1. The van der Waals surface area contributed by atoms with Gasteiger partial charge in [0.1, 0.15) is 0 Å². The molecule has 7 nitrogen and oxygen atoms in total. The van der Waals surface area contributed by atoms with Crippen molar-refractivity contribution in [3.63, 3.8) is 0 Å². The Hall–Kier alpha value is -2.58. The SMILES string of the molecule is COc1ccc(S(=O)(=O)N[C@@H](C)C(=O)Nc2cccc(C)c2C)cc1OC. The topological polar surface area (TPSA) is 93.7 Å². The molecule has 0 bridgehead atoms. The molecule has 146 valence electrons. The number of ether oxygens (including phenoxy) is 2. The van der Waals surface area contributed by atoms with Crippen LogP contribution in [0.15, 0.2) is 41.3 Å². The molecule has 0 aliphatic carbocycles. The third kappa shape index (κ3) is 4.78. The van der Waals surface area contributed by atoms with Gasteiger partial charge in [-0.15, -0.1) is 0 Å². The van der Waals surface area contributed by atoms with Crippen molar-refractivity contribution in [3.8, 4) is 11.5 Å². The summed E-state index contributed by atoms with van der Waals surface area (Å²) in [5, 5.41) is 2.76. The number of methoxy groups -OCH3 is 2. The van der Waals surface area contributed by atoms with Gasteiger partial charge in [-0.2, -0.15) is 4.72 Å². The van der Waals surface area contributed by atoms with E-state index in [0.717, 1.165) is 11.1 Å². The molecule has 0 fully saturated rings. The molecule has 0 saturated carbocycles. The van der Waals surface area contributed by atoms with Gasteiger partial charge >= 0.3 is 0 Å². The van der Waals surface area contributed by atoms with Crippen LogP contribution in [0.5, 0.6) is 11.5 Å². The molecular weight excluding hydrogens is 368 g/mol. The first-order valence-corrected chi connectivity index (χ1v) is 9.79. The van der Waals surface area contributed by atoms with Crippen molar-refractivity contribution in [2.45, 2.75) is 31.7 Å². The Morgan fingerprint density at radius 3 is 2.33 bits per heavy atom. The van der Waals surface area contributed by atoms with Gasteiger partial charge in [0, 0.05) is 11.8 Å². The number of rotatable bonds is 7. The van der Waals surface area contributed by atoms with Gasteiger partial charge in [-0.25, -0.2) is 8.42 Å². The molecule has 0 aromatic heterocycles. The first-order chi connectivity index (χ1) is 12.7. The van der Waals surface area contributed by atoms with E-state index in [-0.39, 0.29) is 10.6 Å². The van der Waals surface area contributed by atoms with Gasteiger partial charge in [-0.05, 0) is 50.1 Å². The van der Waals surface area contributed by atoms with E-state index in [1.165, 1.54) is 39.3 Å². The number of amides is 1. The summed E-state index contributed by atoms with van der Waals surface area (Å²) in [6.45, 7) is 5.32. The lowest BCUT2D eigenvalue weighted by molar-refractivity contribution is -0.117. The molecule has 2 N–H and O–H groups in total. The van der Waals surface area contributed by atoms with E-state index in [9.17, 15) is 13.2 Å². The Morgan fingerprint density at radius 1 is 1.04 bits per heavy atom. The predicted octanol–water partition coefficient (Wildman–Crippen LogP) is 2.63. The minimum atomic E-state index is -3.92. The van der Waals surface area contributed by atoms with Crippen LogP contribution in [0.1, 0.15) is 18.1 Å². The normalized spacial score (nSPS) is 12.3. The number of aryl methyl sites for hydroxylation is 1. The van der Waals surface area contributed by atoms with Gasteiger partial charge in [0.05, 0.1) is 25.2 Å². The molecule has 2 rings (SSSR count). The second-order valence-corrected chi connectivity index (χ2v) is 7.81. The first-order valence-electron chi connectivity index (χ1n) is 8.31. The summed E-state index contributed by atoms with van der Waals surface area (Å²) in [5.74, 6) is 0.248.